The van der Waals surface area contributed by atoms with E-state index < -0.39 is 0 Å². The molecule has 1 aromatic carbocycles. The Bertz CT molecular complexity index is 785. The number of hydrogen-bond donors (Lipinski definition) is 0. The standard InChI is InChI=1S/C19H19N3O/c1-13-7-8-15(14(2)10-13)17-11-22-18(12-21-17)19(23-3)16-6-4-5-9-20-16/h4-12,19H,1-3H3. The SMILES string of the molecule is COC(c1ccccn1)c1cnc(-c2ccc(C)cc2C)cn1. The highest BCUT2D eigenvalue weighted by Gasteiger charge is 2.16. The molecule has 0 fully saturated rings. The third-order valence-corrected chi connectivity index (χ3v) is 3.79. The predicted octanol–water partition coefficient (Wildman–Crippen LogP) is 3.89. The molecule has 0 N–H and O–H groups in total. The van der Waals surface area contributed by atoms with Gasteiger partial charge in [0.05, 0.1) is 29.5 Å². The highest BCUT2D eigenvalue weighted by molar-refractivity contribution is 5.63. The summed E-state index contributed by atoms with van der Waals surface area (Å²) in [4.78, 5) is 13.4. The summed E-state index contributed by atoms with van der Waals surface area (Å²) >= 11 is 0. The first kappa shape index (κ1) is 15.3. The number of benzene rings is 1. The molecule has 116 valence electrons. The first-order chi connectivity index (χ1) is 11.2. The molecule has 0 spiro atoms. The van der Waals surface area contributed by atoms with Gasteiger partial charge in [0, 0.05) is 18.9 Å². The highest BCUT2D eigenvalue weighted by atomic mass is 16.5. The van der Waals surface area contributed by atoms with Crippen molar-refractivity contribution in [2.75, 3.05) is 7.11 Å². The van der Waals surface area contributed by atoms with E-state index in [0.717, 1.165) is 22.6 Å². The van der Waals surface area contributed by atoms with Crippen LogP contribution in [0.5, 0.6) is 0 Å². The topological polar surface area (TPSA) is 47.9 Å². The fraction of sp³-hybridized carbons (Fsp3) is 0.211. The third kappa shape index (κ3) is 3.27. The van der Waals surface area contributed by atoms with Crippen molar-refractivity contribution in [2.45, 2.75) is 20.0 Å². The monoisotopic (exact) mass is 305 g/mol. The first-order valence-corrected chi connectivity index (χ1v) is 7.52. The summed E-state index contributed by atoms with van der Waals surface area (Å²) in [5, 5.41) is 0. The highest BCUT2D eigenvalue weighted by Crippen LogP contribution is 2.25. The third-order valence-electron chi connectivity index (χ3n) is 3.79. The van der Waals surface area contributed by atoms with E-state index in [1.54, 1.807) is 25.7 Å². The molecule has 2 heterocycles. The van der Waals surface area contributed by atoms with Gasteiger partial charge in [0.15, 0.2) is 0 Å². The number of aromatic nitrogens is 3. The number of hydrogen-bond acceptors (Lipinski definition) is 4. The lowest BCUT2D eigenvalue weighted by Gasteiger charge is -2.14. The number of pyridine rings is 1. The van der Waals surface area contributed by atoms with E-state index in [9.17, 15) is 0 Å². The smallest absolute Gasteiger partial charge is 0.142 e. The molecule has 2 aromatic heterocycles. The van der Waals surface area contributed by atoms with Crippen molar-refractivity contribution in [3.05, 3.63) is 77.5 Å². The summed E-state index contributed by atoms with van der Waals surface area (Å²) in [5.41, 5.74) is 5.97. The van der Waals surface area contributed by atoms with Crippen molar-refractivity contribution in [3.63, 3.8) is 0 Å². The van der Waals surface area contributed by atoms with Crippen LogP contribution < -0.4 is 0 Å². The summed E-state index contributed by atoms with van der Waals surface area (Å²) in [6, 6.07) is 12.1. The Balaban J connectivity index is 1.92. The molecular weight excluding hydrogens is 286 g/mol. The second kappa shape index (κ2) is 6.67. The van der Waals surface area contributed by atoms with Crippen LogP contribution in [0.1, 0.15) is 28.6 Å². The van der Waals surface area contributed by atoms with Crippen LogP contribution >= 0.6 is 0 Å². The van der Waals surface area contributed by atoms with Gasteiger partial charge in [-0.2, -0.15) is 0 Å². The van der Waals surface area contributed by atoms with Gasteiger partial charge in [0.25, 0.3) is 0 Å². The fourth-order valence-electron chi connectivity index (χ4n) is 2.64. The number of rotatable bonds is 4. The molecule has 1 unspecified atom stereocenters. The minimum atomic E-state index is -0.308. The van der Waals surface area contributed by atoms with Gasteiger partial charge >= 0.3 is 0 Å². The molecule has 3 aromatic rings. The van der Waals surface area contributed by atoms with E-state index in [2.05, 4.69) is 47.0 Å². The minimum absolute atomic E-state index is 0.308. The van der Waals surface area contributed by atoms with E-state index in [1.807, 2.05) is 18.2 Å². The van der Waals surface area contributed by atoms with Gasteiger partial charge in [-0.1, -0.05) is 29.8 Å². The van der Waals surface area contributed by atoms with E-state index in [-0.39, 0.29) is 6.10 Å². The molecule has 1 atom stereocenters. The van der Waals surface area contributed by atoms with Crippen LogP contribution in [-0.2, 0) is 4.74 Å². The van der Waals surface area contributed by atoms with Gasteiger partial charge in [0.2, 0.25) is 0 Å². The van der Waals surface area contributed by atoms with Crippen LogP contribution in [0, 0.1) is 13.8 Å². The van der Waals surface area contributed by atoms with Gasteiger partial charge in [-0.25, -0.2) is 0 Å². The van der Waals surface area contributed by atoms with Gasteiger partial charge in [-0.15, -0.1) is 0 Å². The van der Waals surface area contributed by atoms with E-state index in [1.165, 1.54) is 11.1 Å². The maximum Gasteiger partial charge on any atom is 0.142 e. The largest absolute Gasteiger partial charge is 0.369 e. The molecule has 0 aliphatic heterocycles. The molecule has 4 heteroatoms. The molecule has 23 heavy (non-hydrogen) atoms. The Morgan fingerprint density at radius 2 is 1.78 bits per heavy atom. The Morgan fingerprint density at radius 3 is 2.39 bits per heavy atom. The molecule has 0 aliphatic carbocycles. The lowest BCUT2D eigenvalue weighted by Crippen LogP contribution is -2.08. The molecule has 0 radical (unpaired) electrons. The summed E-state index contributed by atoms with van der Waals surface area (Å²) in [6.07, 6.45) is 5.00. The average molecular weight is 305 g/mol. The van der Waals surface area contributed by atoms with Crippen molar-refractivity contribution in [2.24, 2.45) is 0 Å². The van der Waals surface area contributed by atoms with Crippen molar-refractivity contribution in [1.29, 1.82) is 0 Å². The van der Waals surface area contributed by atoms with E-state index in [4.69, 9.17) is 4.74 Å². The molecule has 0 saturated heterocycles. The number of nitrogens with zero attached hydrogens (tertiary/aromatic N) is 3. The summed E-state index contributed by atoms with van der Waals surface area (Å²) < 4.78 is 5.54. The van der Waals surface area contributed by atoms with Gasteiger partial charge in [0.1, 0.15) is 6.10 Å². The van der Waals surface area contributed by atoms with E-state index >= 15 is 0 Å². The molecule has 4 nitrogen and oxygen atoms in total. The molecule has 3 rings (SSSR count). The lowest BCUT2D eigenvalue weighted by atomic mass is 10.0. The Kier molecular flexibility index (Phi) is 4.44. The number of aryl methyl sites for hydroxylation is 2. The zero-order valence-corrected chi connectivity index (χ0v) is 13.5. The van der Waals surface area contributed by atoms with Gasteiger partial charge in [-0.3, -0.25) is 15.0 Å². The molecule has 0 saturated carbocycles. The molecule has 0 aliphatic rings. The average Bonchev–Trinajstić information content (AvgIpc) is 2.57. The van der Waals surface area contributed by atoms with Crippen molar-refractivity contribution >= 4 is 0 Å². The number of ether oxygens (including phenoxy) is 1. The van der Waals surface area contributed by atoms with Crippen LogP contribution in [0.15, 0.2) is 55.0 Å². The second-order valence-corrected chi connectivity index (χ2v) is 5.52. The van der Waals surface area contributed by atoms with Crippen LogP contribution in [0.2, 0.25) is 0 Å². The minimum Gasteiger partial charge on any atom is -0.369 e. The maximum absolute atomic E-state index is 5.54. The van der Waals surface area contributed by atoms with Crippen molar-refractivity contribution in [3.8, 4) is 11.3 Å². The number of methoxy groups -OCH3 is 1. The lowest BCUT2D eigenvalue weighted by molar-refractivity contribution is 0.129. The van der Waals surface area contributed by atoms with Crippen LogP contribution in [0.3, 0.4) is 0 Å². The zero-order valence-electron chi connectivity index (χ0n) is 13.5. The maximum atomic E-state index is 5.54. The van der Waals surface area contributed by atoms with Gasteiger partial charge in [-0.05, 0) is 31.5 Å². The Hall–Kier alpha value is -2.59. The van der Waals surface area contributed by atoms with Gasteiger partial charge < -0.3 is 4.74 Å². The van der Waals surface area contributed by atoms with Crippen LogP contribution in [-0.4, -0.2) is 22.1 Å². The zero-order chi connectivity index (χ0) is 16.2. The summed E-state index contributed by atoms with van der Waals surface area (Å²) in [7, 11) is 1.65. The van der Waals surface area contributed by atoms with Crippen molar-refractivity contribution < 1.29 is 4.74 Å². The molecule has 0 bridgehead atoms. The van der Waals surface area contributed by atoms with E-state index in [0.29, 0.717) is 0 Å². The summed E-state index contributed by atoms with van der Waals surface area (Å²) in [6.45, 7) is 4.17. The molecular formula is C19H19N3O. The second-order valence-electron chi connectivity index (χ2n) is 5.52. The fourth-order valence-corrected chi connectivity index (χ4v) is 2.64. The Morgan fingerprint density at radius 1 is 0.913 bits per heavy atom. The first-order valence-electron chi connectivity index (χ1n) is 7.52. The molecule has 0 amide bonds. The van der Waals surface area contributed by atoms with Crippen LogP contribution in [0.25, 0.3) is 11.3 Å². The summed E-state index contributed by atoms with van der Waals surface area (Å²) in [5.74, 6) is 0. The van der Waals surface area contributed by atoms with Crippen LogP contribution in [0.4, 0.5) is 0 Å². The Labute approximate surface area is 136 Å². The normalized spacial score (nSPS) is 12.1. The van der Waals surface area contributed by atoms with Crippen molar-refractivity contribution in [1.82, 2.24) is 15.0 Å². The predicted molar refractivity (Wildman–Crippen MR) is 90.0 cm³/mol. The quantitative estimate of drug-likeness (QED) is 0.733.